The summed E-state index contributed by atoms with van der Waals surface area (Å²) in [4.78, 5) is 2.18. The Kier molecular flexibility index (Phi) is 8.91. The minimum atomic E-state index is 0. The zero-order chi connectivity index (χ0) is 19.9. The number of ether oxygens (including phenoxy) is 1. The van der Waals surface area contributed by atoms with E-state index in [2.05, 4.69) is 75.3 Å². The van der Waals surface area contributed by atoms with Crippen LogP contribution < -0.4 is 10.4 Å². The third-order valence-electron chi connectivity index (χ3n) is 4.78. The van der Waals surface area contributed by atoms with E-state index in [-0.39, 0.29) is 23.1 Å². The summed E-state index contributed by atoms with van der Waals surface area (Å²) < 4.78 is 5.89. The van der Waals surface area contributed by atoms with Crippen molar-refractivity contribution in [3.63, 3.8) is 0 Å². The first kappa shape index (κ1) is 23.2. The van der Waals surface area contributed by atoms with Gasteiger partial charge in [0, 0.05) is 17.6 Å². The van der Waals surface area contributed by atoms with Crippen LogP contribution in [0.15, 0.2) is 78.4 Å². The molecular formula is C25H30FeN2O. The fraction of sp³-hybridized carbons (Fsp3) is 0.320. The first-order valence-corrected chi connectivity index (χ1v) is 9.92. The van der Waals surface area contributed by atoms with Gasteiger partial charge in [-0.05, 0) is 36.5 Å². The Balaban J connectivity index is 0.000000437. The van der Waals surface area contributed by atoms with Crippen molar-refractivity contribution in [3.05, 3.63) is 94.2 Å². The number of hydrogen-bond acceptors (Lipinski definition) is 2. The van der Waals surface area contributed by atoms with E-state index in [1.54, 1.807) is 0 Å². The summed E-state index contributed by atoms with van der Waals surface area (Å²) in [6, 6.07) is 18.7. The number of allylic oxidation sites excluding steroid dienone is 2. The van der Waals surface area contributed by atoms with Crippen LogP contribution in [0.4, 0.5) is 0 Å². The van der Waals surface area contributed by atoms with Crippen LogP contribution in [0.25, 0.3) is 16.8 Å². The smallest absolute Gasteiger partial charge is 0.648 e. The maximum Gasteiger partial charge on any atom is 2.00 e. The Morgan fingerprint density at radius 2 is 1.76 bits per heavy atom. The number of likely N-dealkylation sites (N-methyl/N-ethyl adjacent to an activating group) is 1. The zero-order valence-corrected chi connectivity index (χ0v) is 18.8. The average molecular weight is 430 g/mol. The third-order valence-corrected chi connectivity index (χ3v) is 4.78. The van der Waals surface area contributed by atoms with E-state index in [9.17, 15) is 0 Å². The van der Waals surface area contributed by atoms with E-state index < -0.39 is 0 Å². The topological polar surface area (TPSA) is 26.6 Å². The normalized spacial score (nSPS) is 21.2. The second-order valence-corrected chi connectivity index (χ2v) is 7.81. The first-order chi connectivity index (χ1) is 13.5. The summed E-state index contributed by atoms with van der Waals surface area (Å²) in [6.45, 7) is 6.03. The molecule has 0 spiro atoms. The van der Waals surface area contributed by atoms with Crippen molar-refractivity contribution in [1.82, 2.24) is 4.90 Å². The molecule has 0 aromatic heterocycles. The second-order valence-electron chi connectivity index (χ2n) is 7.81. The van der Waals surface area contributed by atoms with Gasteiger partial charge >= 0.3 is 17.1 Å². The molecule has 154 valence electrons. The van der Waals surface area contributed by atoms with E-state index in [1.807, 2.05) is 30.3 Å². The fourth-order valence-electron chi connectivity index (χ4n) is 3.24. The van der Waals surface area contributed by atoms with Crippen LogP contribution in [0.3, 0.4) is 0 Å². The van der Waals surface area contributed by atoms with Gasteiger partial charge in [0.05, 0.1) is 6.61 Å². The molecule has 1 aliphatic carbocycles. The van der Waals surface area contributed by atoms with Crippen molar-refractivity contribution in [2.75, 3.05) is 27.2 Å². The summed E-state index contributed by atoms with van der Waals surface area (Å²) in [5, 5.41) is 7.08. The summed E-state index contributed by atoms with van der Waals surface area (Å²) in [5.41, 5.74) is 2.56. The second kappa shape index (κ2) is 11.2. The molecule has 2 aromatic rings. The van der Waals surface area contributed by atoms with E-state index in [0.717, 1.165) is 17.6 Å². The molecule has 2 aromatic carbocycles. The van der Waals surface area contributed by atoms with Crippen molar-refractivity contribution < 1.29 is 21.8 Å². The Bertz CT molecular complexity index is 922. The van der Waals surface area contributed by atoms with Crippen LogP contribution in [0.2, 0.25) is 0 Å². The van der Waals surface area contributed by atoms with Crippen LogP contribution in [0.1, 0.15) is 13.8 Å². The van der Waals surface area contributed by atoms with Gasteiger partial charge in [-0.25, -0.2) is 12.1 Å². The van der Waals surface area contributed by atoms with Crippen molar-refractivity contribution in [2.24, 2.45) is 5.92 Å². The molecule has 1 heterocycles. The van der Waals surface area contributed by atoms with Crippen LogP contribution in [-0.2, 0) is 21.8 Å². The largest absolute Gasteiger partial charge is 2.00 e. The number of nitrogens with zero attached hydrogens (tertiary/aromatic N) is 2. The van der Waals surface area contributed by atoms with Gasteiger partial charge in [0.1, 0.15) is 0 Å². The molecule has 1 atom stereocenters. The van der Waals surface area contributed by atoms with Gasteiger partial charge in [-0.1, -0.05) is 62.2 Å². The van der Waals surface area contributed by atoms with Gasteiger partial charge < -0.3 is 15.0 Å². The van der Waals surface area contributed by atoms with E-state index in [1.165, 1.54) is 16.4 Å². The molecule has 0 amide bonds. The Morgan fingerprint density at radius 1 is 1.07 bits per heavy atom. The summed E-state index contributed by atoms with van der Waals surface area (Å²) >= 11 is 0. The standard InChI is InChI=1S/C20H25N2O.C5H5.Fe/c1-14(2)19-13-23-20(21-19)18-8-6-5-7-17(18)16-10-9-15(11-16)12-22(3)4;1-2-4-5-3-1;/h5-11,14,19H,12-13H2,1-4H3;1-5H;/q2*-1;+2/b17-16-,20-18+;;/t19-;;/m1../s1. The number of benzene rings is 1. The van der Waals surface area contributed by atoms with Crippen molar-refractivity contribution in [2.45, 2.75) is 19.9 Å². The van der Waals surface area contributed by atoms with Gasteiger partial charge in [-0.3, -0.25) is 0 Å². The van der Waals surface area contributed by atoms with Crippen LogP contribution in [-0.4, -0.2) is 38.2 Å². The molecule has 0 N–H and O–H groups in total. The molecule has 0 bridgehead atoms. The number of rotatable bonds is 3. The molecule has 29 heavy (non-hydrogen) atoms. The third kappa shape index (κ3) is 6.43. The summed E-state index contributed by atoms with van der Waals surface area (Å²) in [5.74, 6) is 1.29. The van der Waals surface area contributed by atoms with Crippen molar-refractivity contribution >= 4 is 11.5 Å². The van der Waals surface area contributed by atoms with Crippen molar-refractivity contribution in [3.8, 4) is 0 Å². The molecule has 0 radical (unpaired) electrons. The van der Waals surface area contributed by atoms with Gasteiger partial charge in [0.15, 0.2) is 0 Å². The van der Waals surface area contributed by atoms with Crippen LogP contribution in [0, 0.1) is 5.92 Å². The Morgan fingerprint density at radius 3 is 2.31 bits per heavy atom. The maximum atomic E-state index is 5.89. The molecule has 1 fully saturated rings. The molecule has 0 saturated carbocycles. The molecule has 0 unspecified atom stereocenters. The first-order valence-electron chi connectivity index (χ1n) is 9.92. The van der Waals surface area contributed by atoms with Crippen molar-refractivity contribution in [1.29, 1.82) is 0 Å². The molecular weight excluding hydrogens is 400 g/mol. The van der Waals surface area contributed by atoms with Gasteiger partial charge in [-0.15, -0.1) is 0 Å². The predicted molar refractivity (Wildman–Crippen MR) is 118 cm³/mol. The summed E-state index contributed by atoms with van der Waals surface area (Å²) in [7, 11) is 4.18. The minimum Gasteiger partial charge on any atom is -0.648 e. The predicted octanol–water partition coefficient (Wildman–Crippen LogP) is 3.79. The monoisotopic (exact) mass is 430 g/mol. The van der Waals surface area contributed by atoms with Gasteiger partial charge in [-0.2, -0.15) is 18.2 Å². The van der Waals surface area contributed by atoms with Crippen LogP contribution >= 0.6 is 0 Å². The molecule has 4 rings (SSSR count). The Hall–Kier alpha value is -2.13. The molecule has 4 heteroatoms. The molecule has 1 saturated heterocycles. The minimum absolute atomic E-state index is 0. The van der Waals surface area contributed by atoms with E-state index >= 15 is 0 Å². The van der Waals surface area contributed by atoms with Gasteiger partial charge in [0.2, 0.25) is 0 Å². The van der Waals surface area contributed by atoms with E-state index in [4.69, 9.17) is 10.1 Å². The molecule has 2 aliphatic rings. The molecule has 3 nitrogen and oxygen atoms in total. The molecule has 1 aliphatic heterocycles. The zero-order valence-electron chi connectivity index (χ0n) is 17.7. The maximum absolute atomic E-state index is 5.89. The quantitative estimate of drug-likeness (QED) is 0.547. The SMILES string of the molecule is CC(C)[C@H]1CO/C(=c2\cccc\c2=C2/C=CC(CN(C)C)=C2)[N-]1.[Fe+2].c1cc[cH-]c1. The van der Waals surface area contributed by atoms with Crippen LogP contribution in [0.5, 0.6) is 0 Å². The van der Waals surface area contributed by atoms with Gasteiger partial charge in [0.25, 0.3) is 0 Å². The van der Waals surface area contributed by atoms with E-state index in [0.29, 0.717) is 12.5 Å². The average Bonchev–Trinajstić information content (AvgIpc) is 3.44. The summed E-state index contributed by atoms with van der Waals surface area (Å²) in [6.07, 6.45) is 6.64. The Labute approximate surface area is 185 Å². The fourth-order valence-corrected chi connectivity index (χ4v) is 3.24. The number of hydrogen-bond donors (Lipinski definition) is 0.